The van der Waals surface area contributed by atoms with Gasteiger partial charge >= 0.3 is 5.97 Å². The second-order valence-electron chi connectivity index (χ2n) is 3.97. The third kappa shape index (κ3) is 3.64. The first kappa shape index (κ1) is 12.7. The first-order valence-corrected chi connectivity index (χ1v) is 5.85. The molecular weight excluding hydrogens is 236 g/mol. The number of morpholine rings is 1. The minimum Gasteiger partial charge on any atom is -0.477 e. The number of aromatic carboxylic acids is 1. The van der Waals surface area contributed by atoms with E-state index in [1.807, 2.05) is 0 Å². The summed E-state index contributed by atoms with van der Waals surface area (Å²) in [7, 11) is 0. The van der Waals surface area contributed by atoms with Gasteiger partial charge in [0.05, 0.1) is 13.2 Å². The molecule has 1 aliphatic heterocycles. The predicted octanol–water partition coefficient (Wildman–Crippen LogP) is -0.0811. The van der Waals surface area contributed by atoms with Crippen LogP contribution in [0, 0.1) is 0 Å². The molecule has 0 bridgehead atoms. The zero-order valence-corrected chi connectivity index (χ0v) is 10.0. The summed E-state index contributed by atoms with van der Waals surface area (Å²) in [6.07, 6.45) is 1.25. The summed E-state index contributed by atoms with van der Waals surface area (Å²) in [4.78, 5) is 20.7. The van der Waals surface area contributed by atoms with Crippen LogP contribution < -0.4 is 5.32 Å². The maximum Gasteiger partial charge on any atom is 0.354 e. The molecule has 0 saturated carbocycles. The molecule has 0 unspecified atom stereocenters. The smallest absolute Gasteiger partial charge is 0.354 e. The van der Waals surface area contributed by atoms with E-state index in [2.05, 4.69) is 20.2 Å². The van der Waals surface area contributed by atoms with Crippen molar-refractivity contribution in [3.05, 3.63) is 18.1 Å². The normalized spacial score (nSPS) is 16.4. The van der Waals surface area contributed by atoms with Crippen LogP contribution in [0.3, 0.4) is 0 Å². The molecule has 2 heterocycles. The summed E-state index contributed by atoms with van der Waals surface area (Å²) in [5, 5.41) is 11.9. The maximum absolute atomic E-state index is 10.7. The molecule has 1 fully saturated rings. The zero-order chi connectivity index (χ0) is 12.8. The maximum atomic E-state index is 10.7. The third-order valence-electron chi connectivity index (χ3n) is 2.72. The lowest BCUT2D eigenvalue weighted by Gasteiger charge is -2.26. The molecule has 0 atom stereocenters. The number of hydrogen-bond acceptors (Lipinski definition) is 6. The van der Waals surface area contributed by atoms with E-state index in [0.29, 0.717) is 5.82 Å². The Morgan fingerprint density at radius 1 is 1.44 bits per heavy atom. The van der Waals surface area contributed by atoms with E-state index >= 15 is 0 Å². The van der Waals surface area contributed by atoms with Gasteiger partial charge in [-0.15, -0.1) is 0 Å². The van der Waals surface area contributed by atoms with Crippen molar-refractivity contribution >= 4 is 11.8 Å². The minimum atomic E-state index is -1.05. The summed E-state index contributed by atoms with van der Waals surface area (Å²) >= 11 is 0. The van der Waals surface area contributed by atoms with Crippen LogP contribution in [0.15, 0.2) is 12.4 Å². The average Bonchev–Trinajstić information content (AvgIpc) is 2.40. The second-order valence-corrected chi connectivity index (χ2v) is 3.97. The van der Waals surface area contributed by atoms with E-state index in [0.717, 1.165) is 39.4 Å². The Bertz CT molecular complexity index is 407. The lowest BCUT2D eigenvalue weighted by atomic mass is 10.4. The van der Waals surface area contributed by atoms with Gasteiger partial charge in [0.15, 0.2) is 5.69 Å². The van der Waals surface area contributed by atoms with Gasteiger partial charge < -0.3 is 15.2 Å². The van der Waals surface area contributed by atoms with Crippen molar-refractivity contribution in [2.24, 2.45) is 0 Å². The molecule has 1 aromatic rings. The van der Waals surface area contributed by atoms with Crippen LogP contribution in [0.2, 0.25) is 0 Å². The molecule has 1 aromatic heterocycles. The largest absolute Gasteiger partial charge is 0.477 e. The molecule has 0 radical (unpaired) electrons. The molecule has 0 amide bonds. The topological polar surface area (TPSA) is 87.6 Å². The first-order valence-electron chi connectivity index (χ1n) is 5.85. The van der Waals surface area contributed by atoms with Crippen molar-refractivity contribution in [1.82, 2.24) is 14.9 Å². The fraction of sp³-hybridized carbons (Fsp3) is 0.545. The molecule has 0 aliphatic carbocycles. The Labute approximate surface area is 105 Å². The summed E-state index contributed by atoms with van der Waals surface area (Å²) in [5.41, 5.74) is -0.00104. The van der Waals surface area contributed by atoms with Crippen molar-refractivity contribution in [3.8, 4) is 0 Å². The van der Waals surface area contributed by atoms with Crippen molar-refractivity contribution in [1.29, 1.82) is 0 Å². The highest BCUT2D eigenvalue weighted by atomic mass is 16.5. The fourth-order valence-electron chi connectivity index (χ4n) is 1.74. The second kappa shape index (κ2) is 6.27. The number of rotatable bonds is 5. The van der Waals surface area contributed by atoms with Gasteiger partial charge in [0.1, 0.15) is 12.1 Å². The third-order valence-corrected chi connectivity index (χ3v) is 2.72. The molecule has 7 nitrogen and oxygen atoms in total. The van der Waals surface area contributed by atoms with Gasteiger partial charge in [-0.2, -0.15) is 0 Å². The number of carbonyl (C=O) groups is 1. The van der Waals surface area contributed by atoms with Crippen LogP contribution >= 0.6 is 0 Å². The van der Waals surface area contributed by atoms with Crippen molar-refractivity contribution in [2.75, 3.05) is 44.7 Å². The number of carboxylic acids is 1. The van der Waals surface area contributed by atoms with E-state index < -0.39 is 5.97 Å². The summed E-state index contributed by atoms with van der Waals surface area (Å²) < 4.78 is 5.26. The highest BCUT2D eigenvalue weighted by molar-refractivity contribution is 5.85. The van der Waals surface area contributed by atoms with Gasteiger partial charge in [-0.25, -0.2) is 14.8 Å². The van der Waals surface area contributed by atoms with Gasteiger partial charge in [-0.05, 0) is 0 Å². The van der Waals surface area contributed by atoms with E-state index in [4.69, 9.17) is 9.84 Å². The van der Waals surface area contributed by atoms with Crippen molar-refractivity contribution < 1.29 is 14.6 Å². The first-order chi connectivity index (χ1) is 8.75. The van der Waals surface area contributed by atoms with Crippen LogP contribution in [0.1, 0.15) is 10.5 Å². The van der Waals surface area contributed by atoms with Gasteiger partial charge in [-0.3, -0.25) is 4.90 Å². The molecule has 1 saturated heterocycles. The number of anilines is 1. The van der Waals surface area contributed by atoms with Gasteiger partial charge in [0, 0.05) is 32.2 Å². The number of hydrogen-bond donors (Lipinski definition) is 2. The Hall–Kier alpha value is -1.73. The van der Waals surface area contributed by atoms with Crippen molar-refractivity contribution in [3.63, 3.8) is 0 Å². The summed E-state index contributed by atoms with van der Waals surface area (Å²) in [6.45, 7) is 5.02. The SMILES string of the molecule is O=C(O)c1cc(NCCN2CCOCC2)ncn1. The lowest BCUT2D eigenvalue weighted by Crippen LogP contribution is -2.39. The van der Waals surface area contributed by atoms with Crippen LogP contribution in [0.4, 0.5) is 5.82 Å². The molecule has 7 heteroatoms. The predicted molar refractivity (Wildman–Crippen MR) is 64.7 cm³/mol. The lowest BCUT2D eigenvalue weighted by molar-refractivity contribution is 0.0398. The highest BCUT2D eigenvalue weighted by Gasteiger charge is 2.10. The molecule has 2 N–H and O–H groups in total. The summed E-state index contributed by atoms with van der Waals surface area (Å²) in [6, 6.07) is 1.43. The highest BCUT2D eigenvalue weighted by Crippen LogP contribution is 2.04. The van der Waals surface area contributed by atoms with E-state index in [1.165, 1.54) is 12.4 Å². The van der Waals surface area contributed by atoms with Gasteiger partial charge in [0.25, 0.3) is 0 Å². The fourth-order valence-corrected chi connectivity index (χ4v) is 1.74. The molecule has 18 heavy (non-hydrogen) atoms. The van der Waals surface area contributed by atoms with Crippen molar-refractivity contribution in [2.45, 2.75) is 0 Å². The molecule has 98 valence electrons. The summed E-state index contributed by atoms with van der Waals surface area (Å²) in [5.74, 6) is -0.510. The average molecular weight is 252 g/mol. The van der Waals surface area contributed by atoms with E-state index in [9.17, 15) is 4.79 Å². The number of ether oxygens (including phenoxy) is 1. The molecule has 1 aliphatic rings. The van der Waals surface area contributed by atoms with Crippen LogP contribution in [0.25, 0.3) is 0 Å². The zero-order valence-electron chi connectivity index (χ0n) is 10.0. The van der Waals surface area contributed by atoms with Crippen LogP contribution in [-0.4, -0.2) is 65.3 Å². The minimum absolute atomic E-state index is 0.00104. The monoisotopic (exact) mass is 252 g/mol. The number of nitrogens with zero attached hydrogens (tertiary/aromatic N) is 3. The standard InChI is InChI=1S/C11H16N4O3/c16-11(17)9-7-10(14-8-13-9)12-1-2-15-3-5-18-6-4-15/h7-8H,1-6H2,(H,16,17)(H,12,13,14). The van der Waals surface area contributed by atoms with E-state index in [1.54, 1.807) is 0 Å². The number of carboxylic acid groups (broad SMARTS) is 1. The molecule has 2 rings (SSSR count). The number of aromatic nitrogens is 2. The van der Waals surface area contributed by atoms with Gasteiger partial charge in [0.2, 0.25) is 0 Å². The molecular formula is C11H16N4O3. The Balaban J connectivity index is 1.78. The molecule has 0 spiro atoms. The van der Waals surface area contributed by atoms with Gasteiger partial charge in [-0.1, -0.05) is 0 Å². The van der Waals surface area contributed by atoms with Crippen LogP contribution in [0.5, 0.6) is 0 Å². The molecule has 0 aromatic carbocycles. The quantitative estimate of drug-likeness (QED) is 0.757. The Morgan fingerprint density at radius 3 is 2.94 bits per heavy atom. The van der Waals surface area contributed by atoms with E-state index in [-0.39, 0.29) is 5.69 Å². The van der Waals surface area contributed by atoms with Crippen LogP contribution in [-0.2, 0) is 4.74 Å². The Morgan fingerprint density at radius 2 is 2.22 bits per heavy atom. The number of nitrogens with one attached hydrogen (secondary N) is 1. The Kier molecular flexibility index (Phi) is 4.43.